The number of piperidine rings is 1. The Kier molecular flexibility index (Phi) is 5.37. The Balaban J connectivity index is 1.79. The molecule has 1 amide bonds. The first kappa shape index (κ1) is 15.3. The summed E-state index contributed by atoms with van der Waals surface area (Å²) in [6.07, 6.45) is 3.48. The van der Waals surface area contributed by atoms with Crippen LogP contribution in [0.15, 0.2) is 0 Å². The Labute approximate surface area is 119 Å². The van der Waals surface area contributed by atoms with Gasteiger partial charge in [0.25, 0.3) is 0 Å². The SMILES string of the molecule is O=C(CC1CCNCC1)NCC1(C(=O)O)CCOCC1. The monoisotopic (exact) mass is 284 g/mol. The fourth-order valence-corrected chi connectivity index (χ4v) is 2.92. The summed E-state index contributed by atoms with van der Waals surface area (Å²) in [4.78, 5) is 23.4. The zero-order valence-electron chi connectivity index (χ0n) is 11.8. The Morgan fingerprint density at radius 2 is 1.90 bits per heavy atom. The molecule has 0 atom stereocenters. The van der Waals surface area contributed by atoms with Gasteiger partial charge in [-0.25, -0.2) is 0 Å². The first-order valence-corrected chi connectivity index (χ1v) is 7.41. The summed E-state index contributed by atoms with van der Waals surface area (Å²) in [7, 11) is 0. The van der Waals surface area contributed by atoms with Crippen molar-refractivity contribution in [2.45, 2.75) is 32.1 Å². The van der Waals surface area contributed by atoms with Crippen LogP contribution in [0.4, 0.5) is 0 Å². The zero-order valence-corrected chi connectivity index (χ0v) is 11.8. The van der Waals surface area contributed by atoms with Gasteiger partial charge in [0.05, 0.1) is 5.41 Å². The first-order valence-electron chi connectivity index (χ1n) is 7.41. The van der Waals surface area contributed by atoms with Crippen molar-refractivity contribution in [1.82, 2.24) is 10.6 Å². The molecule has 2 fully saturated rings. The fourth-order valence-electron chi connectivity index (χ4n) is 2.92. The minimum Gasteiger partial charge on any atom is -0.481 e. The van der Waals surface area contributed by atoms with E-state index >= 15 is 0 Å². The lowest BCUT2D eigenvalue weighted by Crippen LogP contribution is -2.47. The third-order valence-corrected chi connectivity index (χ3v) is 4.46. The number of rotatable bonds is 5. The van der Waals surface area contributed by atoms with E-state index in [1.165, 1.54) is 0 Å². The Hall–Kier alpha value is -1.14. The molecule has 0 saturated carbocycles. The average molecular weight is 284 g/mol. The van der Waals surface area contributed by atoms with Crippen molar-refractivity contribution in [3.63, 3.8) is 0 Å². The third kappa shape index (κ3) is 3.93. The highest BCUT2D eigenvalue weighted by Crippen LogP contribution is 2.30. The van der Waals surface area contributed by atoms with Crippen molar-refractivity contribution in [2.24, 2.45) is 11.3 Å². The van der Waals surface area contributed by atoms with Crippen LogP contribution >= 0.6 is 0 Å². The van der Waals surface area contributed by atoms with Gasteiger partial charge in [-0.1, -0.05) is 0 Å². The molecule has 0 aromatic carbocycles. The second-order valence-corrected chi connectivity index (χ2v) is 5.87. The number of hydrogen-bond donors (Lipinski definition) is 3. The first-order chi connectivity index (χ1) is 9.62. The van der Waals surface area contributed by atoms with Crippen LogP contribution in [0.2, 0.25) is 0 Å². The molecule has 0 spiro atoms. The van der Waals surface area contributed by atoms with Crippen molar-refractivity contribution < 1.29 is 19.4 Å². The van der Waals surface area contributed by atoms with E-state index in [2.05, 4.69) is 10.6 Å². The molecule has 2 rings (SSSR count). The van der Waals surface area contributed by atoms with Crippen molar-refractivity contribution in [1.29, 1.82) is 0 Å². The second kappa shape index (κ2) is 7.04. The maximum absolute atomic E-state index is 12.0. The Bertz CT molecular complexity index is 347. The van der Waals surface area contributed by atoms with Crippen LogP contribution in [0.1, 0.15) is 32.1 Å². The van der Waals surface area contributed by atoms with Crippen molar-refractivity contribution in [2.75, 3.05) is 32.8 Å². The third-order valence-electron chi connectivity index (χ3n) is 4.46. The van der Waals surface area contributed by atoms with Gasteiger partial charge in [0.1, 0.15) is 0 Å². The van der Waals surface area contributed by atoms with Crippen LogP contribution in [0.5, 0.6) is 0 Å². The largest absolute Gasteiger partial charge is 0.481 e. The van der Waals surface area contributed by atoms with Crippen molar-refractivity contribution >= 4 is 11.9 Å². The number of aliphatic carboxylic acids is 1. The molecule has 0 unspecified atom stereocenters. The molecule has 3 N–H and O–H groups in total. The predicted octanol–water partition coefficient (Wildman–Crippen LogP) is 0.374. The number of carbonyl (C=O) groups excluding carboxylic acids is 1. The Morgan fingerprint density at radius 1 is 1.25 bits per heavy atom. The molecule has 2 heterocycles. The number of ether oxygens (including phenoxy) is 1. The van der Waals surface area contributed by atoms with E-state index in [0.717, 1.165) is 25.9 Å². The number of carboxylic acid groups (broad SMARTS) is 1. The Morgan fingerprint density at radius 3 is 2.50 bits per heavy atom. The molecule has 0 bridgehead atoms. The molecule has 0 radical (unpaired) electrons. The number of hydrogen-bond acceptors (Lipinski definition) is 4. The molecule has 6 nitrogen and oxygen atoms in total. The van der Waals surface area contributed by atoms with Gasteiger partial charge in [-0.05, 0) is 44.7 Å². The minimum atomic E-state index is -0.845. The van der Waals surface area contributed by atoms with Crippen LogP contribution < -0.4 is 10.6 Å². The highest BCUT2D eigenvalue weighted by molar-refractivity contribution is 5.79. The summed E-state index contributed by atoms with van der Waals surface area (Å²) in [5, 5.41) is 15.5. The molecular weight excluding hydrogens is 260 g/mol. The lowest BCUT2D eigenvalue weighted by atomic mass is 9.80. The van der Waals surface area contributed by atoms with E-state index in [9.17, 15) is 14.7 Å². The van der Waals surface area contributed by atoms with Crippen LogP contribution in [0.25, 0.3) is 0 Å². The summed E-state index contributed by atoms with van der Waals surface area (Å²) >= 11 is 0. The van der Waals surface area contributed by atoms with Crippen LogP contribution in [0, 0.1) is 11.3 Å². The lowest BCUT2D eigenvalue weighted by Gasteiger charge is -2.33. The highest BCUT2D eigenvalue weighted by atomic mass is 16.5. The standard InChI is InChI=1S/C14H24N2O4/c17-12(9-11-1-5-15-6-2-11)16-10-14(13(18)19)3-7-20-8-4-14/h11,15H,1-10H2,(H,16,17)(H,18,19). The zero-order chi connectivity index (χ0) is 14.4. The maximum atomic E-state index is 12.0. The molecule has 2 saturated heterocycles. The summed E-state index contributed by atoms with van der Waals surface area (Å²) in [5.41, 5.74) is -0.845. The number of nitrogens with one attached hydrogen (secondary N) is 2. The van der Waals surface area contributed by atoms with Crippen molar-refractivity contribution in [3.05, 3.63) is 0 Å². The van der Waals surface area contributed by atoms with E-state index in [4.69, 9.17) is 4.74 Å². The van der Waals surface area contributed by atoms with Crippen molar-refractivity contribution in [3.8, 4) is 0 Å². The van der Waals surface area contributed by atoms with E-state index in [1.54, 1.807) is 0 Å². The molecule has 20 heavy (non-hydrogen) atoms. The molecule has 2 aliphatic rings. The smallest absolute Gasteiger partial charge is 0.311 e. The summed E-state index contributed by atoms with van der Waals surface area (Å²) in [5.74, 6) is -0.432. The molecule has 0 aromatic heterocycles. The molecule has 114 valence electrons. The van der Waals surface area contributed by atoms with E-state index in [0.29, 0.717) is 38.4 Å². The number of carboxylic acids is 1. The van der Waals surface area contributed by atoms with Crippen LogP contribution in [-0.2, 0) is 14.3 Å². The summed E-state index contributed by atoms with van der Waals surface area (Å²) in [6, 6.07) is 0. The quantitative estimate of drug-likeness (QED) is 0.679. The topological polar surface area (TPSA) is 87.7 Å². The van der Waals surface area contributed by atoms with Gasteiger partial charge < -0.3 is 20.5 Å². The second-order valence-electron chi connectivity index (χ2n) is 5.87. The molecule has 0 aliphatic carbocycles. The molecular formula is C14H24N2O4. The van der Waals surface area contributed by atoms with Crippen LogP contribution in [0.3, 0.4) is 0 Å². The van der Waals surface area contributed by atoms with Crippen LogP contribution in [-0.4, -0.2) is 49.8 Å². The molecule has 6 heteroatoms. The highest BCUT2D eigenvalue weighted by Gasteiger charge is 2.40. The number of carbonyl (C=O) groups is 2. The van der Waals surface area contributed by atoms with Gasteiger partial charge in [0, 0.05) is 26.2 Å². The molecule has 0 aromatic rings. The maximum Gasteiger partial charge on any atom is 0.311 e. The average Bonchev–Trinajstić information content (AvgIpc) is 2.47. The van der Waals surface area contributed by atoms with Gasteiger partial charge in [0.2, 0.25) is 5.91 Å². The van der Waals surface area contributed by atoms with Gasteiger partial charge in [0.15, 0.2) is 0 Å². The fraction of sp³-hybridized carbons (Fsp3) is 0.857. The van der Waals surface area contributed by atoms with E-state index in [-0.39, 0.29) is 12.5 Å². The van der Waals surface area contributed by atoms with E-state index in [1.807, 2.05) is 0 Å². The predicted molar refractivity (Wildman–Crippen MR) is 73.3 cm³/mol. The summed E-state index contributed by atoms with van der Waals surface area (Å²) < 4.78 is 5.22. The van der Waals surface area contributed by atoms with Gasteiger partial charge in [-0.3, -0.25) is 9.59 Å². The molecule has 2 aliphatic heterocycles. The lowest BCUT2D eigenvalue weighted by molar-refractivity contribution is -0.154. The van der Waals surface area contributed by atoms with Gasteiger partial charge >= 0.3 is 5.97 Å². The normalized spacial score (nSPS) is 23.2. The van der Waals surface area contributed by atoms with Gasteiger partial charge in [-0.2, -0.15) is 0 Å². The number of amides is 1. The van der Waals surface area contributed by atoms with Gasteiger partial charge in [-0.15, -0.1) is 0 Å². The van der Waals surface area contributed by atoms with E-state index < -0.39 is 11.4 Å². The summed E-state index contributed by atoms with van der Waals surface area (Å²) in [6.45, 7) is 3.06. The minimum absolute atomic E-state index is 0.0241.